The van der Waals surface area contributed by atoms with Gasteiger partial charge in [0.1, 0.15) is 66.2 Å². The average Bonchev–Trinajstić information content (AvgIpc) is 1.71. The van der Waals surface area contributed by atoms with Crippen LogP contribution in [-0.4, -0.2) is 203 Å². The smallest absolute Gasteiger partial charge is 0.244 e. The highest BCUT2D eigenvalue weighted by atomic mass is 32.2. The van der Waals surface area contributed by atoms with Gasteiger partial charge in [0.15, 0.2) is 0 Å². The van der Waals surface area contributed by atoms with Gasteiger partial charge in [-0.15, -0.1) is 0 Å². The molecule has 0 unspecified atom stereocenters. The SMILES string of the molecule is CSCC[C@H](NC(=O)[C@@H](NC(=O)[C@H](CCSC)NC(=O)[C@H](Cc1ccc(O)cc1)NC(=O)[C@H](CCCCN)NC(=O)[C@H](Cc1c[nH]c2ccccc12)NC(=O)[C@H](CS)NC(=O)[C@@H](N)CCNC(=O)[C@H](Cc1ccccc1)NC(=O)[C@H](CC(C)C)NC(=O)[C@H](CCSC)NC=O)C(C)C)C(N)=O. The number of hydrogen-bond donors (Lipinski definition) is 17. The molecule has 101 heavy (non-hydrogen) atoms. The normalized spacial score (nSPS) is 14.5. The highest BCUT2D eigenvalue weighted by molar-refractivity contribution is 7.99. The topological polar surface area (TPSA) is 451 Å². The molecular formula is C69H103N15O13S4. The number of nitrogens with one attached hydrogen (secondary N) is 12. The molecule has 556 valence electrons. The van der Waals surface area contributed by atoms with Crippen LogP contribution in [0.5, 0.6) is 5.75 Å². The molecule has 0 saturated heterocycles. The summed E-state index contributed by atoms with van der Waals surface area (Å²) >= 11 is 8.73. The van der Waals surface area contributed by atoms with Crippen LogP contribution in [0.2, 0.25) is 0 Å². The zero-order chi connectivity index (χ0) is 74.6. The van der Waals surface area contributed by atoms with Crippen molar-refractivity contribution in [2.45, 2.75) is 165 Å². The van der Waals surface area contributed by atoms with E-state index in [0.717, 1.165) is 10.9 Å². The van der Waals surface area contributed by atoms with Gasteiger partial charge in [-0.3, -0.25) is 57.5 Å². The van der Waals surface area contributed by atoms with Crippen molar-refractivity contribution in [2.24, 2.45) is 29.0 Å². The number of aromatic hydroxyl groups is 1. The van der Waals surface area contributed by atoms with Crippen molar-refractivity contribution in [3.05, 3.63) is 102 Å². The molecule has 0 saturated carbocycles. The summed E-state index contributed by atoms with van der Waals surface area (Å²) in [6, 6.07) is 8.56. The van der Waals surface area contributed by atoms with Crippen molar-refractivity contribution in [1.82, 2.24) is 63.5 Å². The number of primary amides is 1. The summed E-state index contributed by atoms with van der Waals surface area (Å²) in [5.41, 5.74) is 20.4. The number of para-hydroxylation sites is 1. The molecule has 0 fully saturated rings. The number of phenolic OH excluding ortho intramolecular Hbond substituents is 1. The number of thioether (sulfide) groups is 3. The van der Waals surface area contributed by atoms with Gasteiger partial charge in [0, 0.05) is 48.7 Å². The van der Waals surface area contributed by atoms with E-state index in [0.29, 0.717) is 59.6 Å². The van der Waals surface area contributed by atoms with Crippen LogP contribution in [0, 0.1) is 11.8 Å². The van der Waals surface area contributed by atoms with Gasteiger partial charge in [-0.1, -0.05) is 88.4 Å². The number of carbonyl (C=O) groups excluding carboxylic acids is 12. The van der Waals surface area contributed by atoms with Gasteiger partial charge in [-0.2, -0.15) is 47.9 Å². The van der Waals surface area contributed by atoms with Crippen molar-refractivity contribution in [1.29, 1.82) is 0 Å². The molecule has 19 N–H and O–H groups in total. The first-order valence-corrected chi connectivity index (χ1v) is 38.5. The zero-order valence-corrected chi connectivity index (χ0v) is 61.8. The number of rotatable bonds is 48. The summed E-state index contributed by atoms with van der Waals surface area (Å²) < 4.78 is 0. The predicted octanol–water partition coefficient (Wildman–Crippen LogP) is 0.718. The maximum Gasteiger partial charge on any atom is 0.244 e. The Balaban J connectivity index is 1.57. The van der Waals surface area contributed by atoms with Crippen LogP contribution < -0.4 is 75.7 Å². The third kappa shape index (κ3) is 29.8. The van der Waals surface area contributed by atoms with Crippen LogP contribution >= 0.6 is 47.9 Å². The number of H-pyrrole nitrogens is 1. The molecule has 12 amide bonds. The molecule has 1 aromatic heterocycles. The second-order valence-electron chi connectivity index (χ2n) is 25.2. The molecule has 0 spiro atoms. The van der Waals surface area contributed by atoms with Gasteiger partial charge >= 0.3 is 0 Å². The first kappa shape index (κ1) is 85.4. The van der Waals surface area contributed by atoms with Crippen molar-refractivity contribution in [2.75, 3.05) is 54.9 Å². The Morgan fingerprint density at radius 1 is 0.515 bits per heavy atom. The summed E-state index contributed by atoms with van der Waals surface area (Å²) in [6.07, 6.45) is 8.79. The molecule has 11 atom stereocenters. The number of aromatic nitrogens is 1. The van der Waals surface area contributed by atoms with E-state index in [1.54, 1.807) is 74.8 Å². The summed E-state index contributed by atoms with van der Waals surface area (Å²) in [6.45, 7) is 7.20. The zero-order valence-electron chi connectivity index (χ0n) is 58.4. The Labute approximate surface area is 609 Å². The lowest BCUT2D eigenvalue weighted by Crippen LogP contribution is -2.61. The molecule has 32 heteroatoms. The molecule has 4 aromatic rings. The monoisotopic (exact) mass is 1480 g/mol. The predicted molar refractivity (Wildman–Crippen MR) is 399 cm³/mol. The van der Waals surface area contributed by atoms with Gasteiger partial charge in [-0.25, -0.2) is 0 Å². The molecule has 1 heterocycles. The van der Waals surface area contributed by atoms with E-state index in [9.17, 15) is 62.6 Å². The number of fused-ring (bicyclic) bond motifs is 1. The van der Waals surface area contributed by atoms with Gasteiger partial charge in [-0.05, 0) is 141 Å². The molecule has 0 aliphatic rings. The van der Waals surface area contributed by atoms with E-state index in [2.05, 4.69) is 76.1 Å². The molecule has 0 aliphatic carbocycles. The summed E-state index contributed by atoms with van der Waals surface area (Å²) in [5.74, 6) is -7.50. The van der Waals surface area contributed by atoms with Crippen LogP contribution in [0.3, 0.4) is 0 Å². The van der Waals surface area contributed by atoms with Gasteiger partial charge in [0.2, 0.25) is 71.4 Å². The number of phenols is 1. The van der Waals surface area contributed by atoms with E-state index in [1.165, 1.54) is 47.4 Å². The molecule has 4 rings (SSSR count). The number of amides is 12. The molecular weight excluding hydrogens is 1380 g/mol. The van der Waals surface area contributed by atoms with E-state index in [1.807, 2.05) is 44.6 Å². The maximum atomic E-state index is 14.9. The first-order valence-electron chi connectivity index (χ1n) is 33.7. The highest BCUT2D eigenvalue weighted by Gasteiger charge is 2.37. The quantitative estimate of drug-likeness (QED) is 0.0165. The van der Waals surface area contributed by atoms with E-state index in [4.69, 9.17) is 17.2 Å². The van der Waals surface area contributed by atoms with Crippen LogP contribution in [-0.2, 0) is 76.8 Å². The Kier molecular flexibility index (Phi) is 38.7. The third-order valence-electron chi connectivity index (χ3n) is 16.4. The van der Waals surface area contributed by atoms with E-state index >= 15 is 0 Å². The van der Waals surface area contributed by atoms with Gasteiger partial charge < -0.3 is 85.8 Å². The minimum atomic E-state index is -1.43. The molecule has 0 aliphatic heterocycles. The van der Waals surface area contributed by atoms with E-state index in [-0.39, 0.29) is 81.9 Å². The van der Waals surface area contributed by atoms with Gasteiger partial charge in [0.05, 0.1) is 6.04 Å². The fourth-order valence-corrected chi connectivity index (χ4v) is 12.4. The van der Waals surface area contributed by atoms with Crippen LogP contribution in [0.4, 0.5) is 0 Å². The number of unbranched alkanes of at least 4 members (excludes halogenated alkanes) is 1. The lowest BCUT2D eigenvalue weighted by atomic mass is 10.0. The van der Waals surface area contributed by atoms with Crippen LogP contribution in [0.15, 0.2) is 85.1 Å². The number of benzene rings is 3. The number of aromatic amines is 1. The van der Waals surface area contributed by atoms with Crippen molar-refractivity contribution in [3.63, 3.8) is 0 Å². The standard InChI is InChI=1S/C69H103N15O13S4/c1-40(2)33-53(79-62(90)50(75-39-85)26-31-100-6)65(93)80-54(34-42-15-9-8-10-16-42)61(89)73-29-24-47(71)60(88)83-57(38-98)68(96)82-56(36-44-37-74-48-18-12-11-17-46(44)48)67(95)77-51(19-13-14-28-70)63(91)81-55(35-43-20-22-45(86)23-21-43)66(94)78-52(27-32-101-7)64(92)84-58(41(3)4)69(97)76-49(59(72)87)25-30-99-5/h8-12,15-18,20-23,37,39-41,47,49-58,74,86,98H,13-14,19,24-36,38,70-71H2,1-7H3,(H2,72,87)(H,73,89)(H,75,85)(H,76,97)(H,77,95)(H,78,94)(H,79,90)(H,80,93)(H,81,91)(H,82,96)(H,83,88)(H,84,92)/t47-,49-,50-,51-,52-,53-,54-,55-,56-,57-,58-/m0/s1. The third-order valence-corrected chi connectivity index (χ3v) is 18.7. The summed E-state index contributed by atoms with van der Waals surface area (Å²) in [7, 11) is 0. The lowest BCUT2D eigenvalue weighted by Gasteiger charge is -2.29. The Bertz CT molecular complexity index is 3330. The second-order valence-corrected chi connectivity index (χ2v) is 28.5. The average molecular weight is 1480 g/mol. The van der Waals surface area contributed by atoms with Crippen molar-refractivity contribution in [3.8, 4) is 5.75 Å². The number of hydrogen-bond acceptors (Lipinski definition) is 19. The van der Waals surface area contributed by atoms with Crippen LogP contribution in [0.25, 0.3) is 10.9 Å². The van der Waals surface area contributed by atoms with E-state index < -0.39 is 137 Å². The first-order chi connectivity index (χ1) is 48.3. The lowest BCUT2D eigenvalue weighted by molar-refractivity contribution is -0.136. The largest absolute Gasteiger partial charge is 0.508 e. The van der Waals surface area contributed by atoms with Gasteiger partial charge in [0.25, 0.3) is 0 Å². The molecule has 0 radical (unpaired) electrons. The second kappa shape index (κ2) is 45.7. The Morgan fingerprint density at radius 2 is 0.980 bits per heavy atom. The minimum absolute atomic E-state index is 0.00280. The number of nitrogens with two attached hydrogens (primary N) is 3. The van der Waals surface area contributed by atoms with Crippen molar-refractivity contribution >= 4 is 130 Å². The number of thiol groups is 1. The molecule has 0 bridgehead atoms. The summed E-state index contributed by atoms with van der Waals surface area (Å²) in [5, 5.41) is 40.8. The fourth-order valence-electron chi connectivity index (χ4n) is 10.7. The Hall–Kier alpha value is -8.04. The maximum absolute atomic E-state index is 14.9. The van der Waals surface area contributed by atoms with Crippen molar-refractivity contribution < 1.29 is 62.6 Å². The fraction of sp³-hybridized carbons (Fsp3) is 0.536. The highest BCUT2D eigenvalue weighted by Crippen LogP contribution is 2.21. The Morgan fingerprint density at radius 3 is 1.54 bits per heavy atom. The molecule has 3 aromatic carbocycles. The number of carbonyl (C=O) groups is 12. The minimum Gasteiger partial charge on any atom is -0.508 e. The molecule has 28 nitrogen and oxygen atoms in total. The van der Waals surface area contributed by atoms with Crippen LogP contribution in [0.1, 0.15) is 95.8 Å². The summed E-state index contributed by atoms with van der Waals surface area (Å²) in [4.78, 5) is 169.